The normalized spacial score (nSPS) is 19.8. The second-order valence-corrected chi connectivity index (χ2v) is 6.77. The van der Waals surface area contributed by atoms with E-state index in [9.17, 15) is 9.59 Å². The number of benzene rings is 1. The Morgan fingerprint density at radius 3 is 2.65 bits per heavy atom. The fourth-order valence-corrected chi connectivity index (χ4v) is 3.22. The Balaban J connectivity index is 1.56. The third-order valence-electron chi connectivity index (χ3n) is 4.75. The topological polar surface area (TPSA) is 86.1 Å². The van der Waals surface area contributed by atoms with Crippen molar-refractivity contribution in [2.45, 2.75) is 45.6 Å². The third-order valence-corrected chi connectivity index (χ3v) is 4.75. The number of nitrogens with one attached hydrogen (secondary N) is 1. The van der Waals surface area contributed by atoms with Gasteiger partial charge in [0.05, 0.1) is 11.4 Å². The van der Waals surface area contributed by atoms with Crippen molar-refractivity contribution >= 4 is 11.9 Å². The first-order chi connectivity index (χ1) is 12.5. The Kier molecular flexibility index (Phi) is 5.65. The Morgan fingerprint density at radius 1 is 1.19 bits per heavy atom. The van der Waals surface area contributed by atoms with Crippen LogP contribution in [0.1, 0.15) is 48.8 Å². The summed E-state index contributed by atoms with van der Waals surface area (Å²) in [5.41, 5.74) is 1.33. The molecule has 1 aliphatic carbocycles. The van der Waals surface area contributed by atoms with Gasteiger partial charge in [0.25, 0.3) is 5.91 Å². The van der Waals surface area contributed by atoms with Crippen LogP contribution in [-0.2, 0) is 9.53 Å². The SMILES string of the molecule is Cc1nn(-c2ccccc2)nc1C(=O)OCC(=O)NC1CCCCC1C. The van der Waals surface area contributed by atoms with Crippen molar-refractivity contribution < 1.29 is 14.3 Å². The molecule has 3 rings (SSSR count). The van der Waals surface area contributed by atoms with Crippen LogP contribution >= 0.6 is 0 Å². The van der Waals surface area contributed by atoms with E-state index in [1.165, 1.54) is 11.2 Å². The van der Waals surface area contributed by atoms with Gasteiger partial charge in [0.15, 0.2) is 12.3 Å². The lowest BCUT2D eigenvalue weighted by molar-refractivity contribution is -0.125. The van der Waals surface area contributed by atoms with Gasteiger partial charge in [0.1, 0.15) is 0 Å². The van der Waals surface area contributed by atoms with Gasteiger partial charge in [-0.25, -0.2) is 4.79 Å². The minimum atomic E-state index is -0.642. The van der Waals surface area contributed by atoms with E-state index in [2.05, 4.69) is 22.4 Å². The van der Waals surface area contributed by atoms with Crippen molar-refractivity contribution in [3.8, 4) is 5.69 Å². The Bertz CT molecular complexity index is 772. The Labute approximate surface area is 152 Å². The number of carbonyl (C=O) groups excluding carboxylic acids is 2. The smallest absolute Gasteiger partial charge is 0.361 e. The molecule has 1 N–H and O–H groups in total. The van der Waals surface area contributed by atoms with Crippen molar-refractivity contribution in [3.05, 3.63) is 41.7 Å². The molecule has 1 heterocycles. The summed E-state index contributed by atoms with van der Waals surface area (Å²) in [6.07, 6.45) is 4.42. The molecule has 1 aromatic heterocycles. The molecule has 1 aromatic carbocycles. The van der Waals surface area contributed by atoms with E-state index in [1.54, 1.807) is 6.92 Å². The quantitative estimate of drug-likeness (QED) is 0.832. The summed E-state index contributed by atoms with van der Waals surface area (Å²) in [4.78, 5) is 25.7. The number of carbonyl (C=O) groups is 2. The van der Waals surface area contributed by atoms with Gasteiger partial charge in [0, 0.05) is 6.04 Å². The van der Waals surface area contributed by atoms with Gasteiger partial charge in [-0.3, -0.25) is 4.79 Å². The maximum atomic E-state index is 12.3. The van der Waals surface area contributed by atoms with Crippen molar-refractivity contribution in [2.24, 2.45) is 5.92 Å². The van der Waals surface area contributed by atoms with Gasteiger partial charge in [0.2, 0.25) is 0 Å². The van der Waals surface area contributed by atoms with Crippen molar-refractivity contribution in [1.29, 1.82) is 0 Å². The molecule has 1 saturated carbocycles. The number of amides is 1. The van der Waals surface area contributed by atoms with Gasteiger partial charge >= 0.3 is 5.97 Å². The van der Waals surface area contributed by atoms with Gasteiger partial charge < -0.3 is 10.1 Å². The van der Waals surface area contributed by atoms with Gasteiger partial charge in [-0.15, -0.1) is 5.10 Å². The van der Waals surface area contributed by atoms with Crippen molar-refractivity contribution in [1.82, 2.24) is 20.3 Å². The number of hydrogen-bond acceptors (Lipinski definition) is 5. The predicted molar refractivity (Wildman–Crippen MR) is 95.9 cm³/mol. The van der Waals surface area contributed by atoms with E-state index in [4.69, 9.17) is 4.74 Å². The molecule has 1 amide bonds. The summed E-state index contributed by atoms with van der Waals surface area (Å²) in [7, 11) is 0. The number of ether oxygens (including phenoxy) is 1. The maximum Gasteiger partial charge on any atom is 0.361 e. The minimum Gasteiger partial charge on any atom is -0.451 e. The second kappa shape index (κ2) is 8.12. The number of hydrogen-bond donors (Lipinski definition) is 1. The number of nitrogens with zero attached hydrogens (tertiary/aromatic N) is 3. The minimum absolute atomic E-state index is 0.118. The maximum absolute atomic E-state index is 12.3. The zero-order chi connectivity index (χ0) is 18.5. The fraction of sp³-hybridized carbons (Fsp3) is 0.474. The summed E-state index contributed by atoms with van der Waals surface area (Å²) >= 11 is 0. The van der Waals surface area contributed by atoms with E-state index in [0.29, 0.717) is 11.6 Å². The standard InChI is InChI=1S/C19H24N4O3/c1-13-8-6-7-11-16(13)20-17(24)12-26-19(25)18-14(2)21-23(22-18)15-9-4-3-5-10-15/h3-5,9-10,13,16H,6-8,11-12H2,1-2H3,(H,20,24). The molecule has 1 fully saturated rings. The number of aryl methyl sites for hydroxylation is 1. The van der Waals surface area contributed by atoms with Crippen LogP contribution in [0.5, 0.6) is 0 Å². The van der Waals surface area contributed by atoms with Crippen LogP contribution in [-0.4, -0.2) is 39.5 Å². The number of esters is 1. The third kappa shape index (κ3) is 4.28. The lowest BCUT2D eigenvalue weighted by Crippen LogP contribution is -2.42. The summed E-state index contributed by atoms with van der Waals surface area (Å²) in [6.45, 7) is 3.52. The molecule has 1 aliphatic rings. The molecule has 0 aliphatic heterocycles. The van der Waals surface area contributed by atoms with Crippen LogP contribution in [0.2, 0.25) is 0 Å². The van der Waals surface area contributed by atoms with Crippen LogP contribution < -0.4 is 5.32 Å². The zero-order valence-corrected chi connectivity index (χ0v) is 15.1. The Hall–Kier alpha value is -2.70. The molecule has 26 heavy (non-hydrogen) atoms. The summed E-state index contributed by atoms with van der Waals surface area (Å²) in [5, 5.41) is 11.4. The van der Waals surface area contributed by atoms with E-state index in [0.717, 1.165) is 24.9 Å². The highest BCUT2D eigenvalue weighted by Gasteiger charge is 2.24. The van der Waals surface area contributed by atoms with Gasteiger partial charge in [-0.1, -0.05) is 38.0 Å². The molecule has 0 saturated heterocycles. The van der Waals surface area contributed by atoms with Crippen LogP contribution in [0.3, 0.4) is 0 Å². The molecule has 0 radical (unpaired) electrons. The number of aromatic nitrogens is 3. The molecule has 7 heteroatoms. The summed E-state index contributed by atoms with van der Waals surface area (Å²) < 4.78 is 5.13. The largest absolute Gasteiger partial charge is 0.451 e. The average molecular weight is 356 g/mol. The molecule has 0 spiro atoms. The van der Waals surface area contributed by atoms with Crippen LogP contribution in [0.4, 0.5) is 0 Å². The van der Waals surface area contributed by atoms with E-state index >= 15 is 0 Å². The molecule has 7 nitrogen and oxygen atoms in total. The second-order valence-electron chi connectivity index (χ2n) is 6.77. The van der Waals surface area contributed by atoms with E-state index in [1.807, 2.05) is 30.3 Å². The lowest BCUT2D eigenvalue weighted by atomic mass is 9.86. The fourth-order valence-electron chi connectivity index (χ4n) is 3.22. The number of para-hydroxylation sites is 1. The van der Waals surface area contributed by atoms with E-state index < -0.39 is 5.97 Å². The molecule has 2 atom stereocenters. The zero-order valence-electron chi connectivity index (χ0n) is 15.1. The first-order valence-electron chi connectivity index (χ1n) is 9.00. The number of rotatable bonds is 5. The molecular formula is C19H24N4O3. The first-order valence-corrected chi connectivity index (χ1v) is 9.00. The van der Waals surface area contributed by atoms with E-state index in [-0.39, 0.29) is 24.2 Å². The molecule has 138 valence electrons. The predicted octanol–water partition coefficient (Wildman–Crippen LogP) is 2.43. The molecule has 2 aromatic rings. The highest BCUT2D eigenvalue weighted by atomic mass is 16.5. The molecule has 0 bridgehead atoms. The average Bonchev–Trinajstić information content (AvgIpc) is 3.04. The summed E-state index contributed by atoms with van der Waals surface area (Å²) in [6, 6.07) is 9.46. The highest BCUT2D eigenvalue weighted by Crippen LogP contribution is 2.23. The van der Waals surface area contributed by atoms with Crippen LogP contribution in [0.25, 0.3) is 5.69 Å². The molecular weight excluding hydrogens is 332 g/mol. The Morgan fingerprint density at radius 2 is 1.92 bits per heavy atom. The van der Waals surface area contributed by atoms with Crippen molar-refractivity contribution in [2.75, 3.05) is 6.61 Å². The monoisotopic (exact) mass is 356 g/mol. The van der Waals surface area contributed by atoms with Gasteiger partial charge in [-0.05, 0) is 37.8 Å². The van der Waals surface area contributed by atoms with Gasteiger partial charge in [-0.2, -0.15) is 9.90 Å². The molecule has 2 unspecified atom stereocenters. The van der Waals surface area contributed by atoms with Crippen LogP contribution in [0.15, 0.2) is 30.3 Å². The van der Waals surface area contributed by atoms with Crippen molar-refractivity contribution in [3.63, 3.8) is 0 Å². The highest BCUT2D eigenvalue weighted by molar-refractivity contribution is 5.90. The lowest BCUT2D eigenvalue weighted by Gasteiger charge is -2.29. The van der Waals surface area contributed by atoms with Crippen LogP contribution in [0, 0.1) is 12.8 Å². The summed E-state index contributed by atoms with van der Waals surface area (Å²) in [5.74, 6) is -0.460. The first kappa shape index (κ1) is 18.1.